The summed E-state index contributed by atoms with van der Waals surface area (Å²) in [6, 6.07) is 5.92. The molecule has 1 fully saturated rings. The number of aromatic nitrogens is 1. The fourth-order valence-electron chi connectivity index (χ4n) is 2.12. The van der Waals surface area contributed by atoms with E-state index >= 15 is 0 Å². The summed E-state index contributed by atoms with van der Waals surface area (Å²) in [5.74, 6) is 1.35. The van der Waals surface area contributed by atoms with Crippen LogP contribution >= 0.6 is 0 Å². The summed E-state index contributed by atoms with van der Waals surface area (Å²) in [5, 5.41) is 2.72. The number of amides is 1. The van der Waals surface area contributed by atoms with Crippen LogP contribution in [0.4, 0.5) is 5.82 Å². The van der Waals surface area contributed by atoms with Crippen LogP contribution in [-0.4, -0.2) is 31.0 Å². The van der Waals surface area contributed by atoms with Gasteiger partial charge in [0, 0.05) is 32.3 Å². The molecule has 1 aromatic rings. The van der Waals surface area contributed by atoms with E-state index in [1.54, 1.807) is 13.2 Å². The molecule has 16 heavy (non-hydrogen) atoms. The van der Waals surface area contributed by atoms with Gasteiger partial charge in [-0.3, -0.25) is 4.79 Å². The molecule has 1 N–H and O–H groups in total. The van der Waals surface area contributed by atoms with Gasteiger partial charge in [-0.15, -0.1) is 0 Å². The number of hydrogen-bond donors (Lipinski definition) is 1. The Labute approximate surface area is 95.7 Å². The van der Waals surface area contributed by atoms with Crippen LogP contribution in [-0.2, 0) is 4.79 Å². The van der Waals surface area contributed by atoms with Gasteiger partial charge in [-0.1, -0.05) is 6.07 Å². The number of nitrogens with zero attached hydrogens (tertiary/aromatic N) is 2. The summed E-state index contributed by atoms with van der Waals surface area (Å²) in [4.78, 5) is 18.0. The second kappa shape index (κ2) is 4.96. The van der Waals surface area contributed by atoms with E-state index in [4.69, 9.17) is 0 Å². The molecule has 0 atom stereocenters. The van der Waals surface area contributed by atoms with Crippen molar-refractivity contribution in [3.63, 3.8) is 0 Å². The molecule has 4 heteroatoms. The van der Waals surface area contributed by atoms with Crippen molar-refractivity contribution in [1.82, 2.24) is 10.3 Å². The van der Waals surface area contributed by atoms with Crippen LogP contribution in [0.1, 0.15) is 12.8 Å². The average molecular weight is 219 g/mol. The van der Waals surface area contributed by atoms with Crippen molar-refractivity contribution in [3.05, 3.63) is 24.4 Å². The van der Waals surface area contributed by atoms with Gasteiger partial charge in [-0.25, -0.2) is 4.98 Å². The Morgan fingerprint density at radius 3 is 2.75 bits per heavy atom. The monoisotopic (exact) mass is 219 g/mol. The minimum atomic E-state index is 0.167. The largest absolute Gasteiger partial charge is 0.359 e. The minimum absolute atomic E-state index is 0.167. The molecule has 0 bridgehead atoms. The van der Waals surface area contributed by atoms with Gasteiger partial charge in [0.2, 0.25) is 5.91 Å². The Hall–Kier alpha value is -1.58. The summed E-state index contributed by atoms with van der Waals surface area (Å²) >= 11 is 0. The number of carbonyl (C=O) groups excluding carboxylic acids is 1. The first-order valence-corrected chi connectivity index (χ1v) is 5.69. The van der Waals surface area contributed by atoms with Gasteiger partial charge in [0.25, 0.3) is 0 Å². The lowest BCUT2D eigenvalue weighted by atomic mass is 9.96. The summed E-state index contributed by atoms with van der Waals surface area (Å²) in [5.41, 5.74) is 0. The highest BCUT2D eigenvalue weighted by Gasteiger charge is 2.24. The first-order chi connectivity index (χ1) is 7.81. The number of carbonyl (C=O) groups is 1. The highest BCUT2D eigenvalue weighted by Crippen LogP contribution is 2.21. The SMILES string of the molecule is CNC(=O)C1CCN(c2ccccn2)CC1. The van der Waals surface area contributed by atoms with Crippen molar-refractivity contribution < 1.29 is 4.79 Å². The van der Waals surface area contributed by atoms with Crippen LogP contribution in [0.2, 0.25) is 0 Å². The van der Waals surface area contributed by atoms with Crippen LogP contribution in [0.15, 0.2) is 24.4 Å². The molecule has 1 amide bonds. The highest BCUT2D eigenvalue weighted by molar-refractivity contribution is 5.78. The molecular formula is C12H17N3O. The maximum atomic E-state index is 11.5. The molecular weight excluding hydrogens is 202 g/mol. The van der Waals surface area contributed by atoms with Crippen molar-refractivity contribution in [2.75, 3.05) is 25.0 Å². The zero-order valence-corrected chi connectivity index (χ0v) is 9.52. The summed E-state index contributed by atoms with van der Waals surface area (Å²) in [7, 11) is 1.70. The van der Waals surface area contributed by atoms with Gasteiger partial charge in [0.05, 0.1) is 0 Å². The molecule has 0 unspecified atom stereocenters. The van der Waals surface area contributed by atoms with E-state index in [0.717, 1.165) is 31.7 Å². The number of nitrogens with one attached hydrogen (secondary N) is 1. The molecule has 1 aliphatic heterocycles. The highest BCUT2D eigenvalue weighted by atomic mass is 16.1. The van der Waals surface area contributed by atoms with Gasteiger partial charge >= 0.3 is 0 Å². The summed E-state index contributed by atoms with van der Waals surface area (Å²) < 4.78 is 0. The second-order valence-electron chi connectivity index (χ2n) is 4.06. The van der Waals surface area contributed by atoms with Gasteiger partial charge in [0.1, 0.15) is 5.82 Å². The van der Waals surface area contributed by atoms with E-state index in [1.165, 1.54) is 0 Å². The Kier molecular flexibility index (Phi) is 3.39. The average Bonchev–Trinajstić information content (AvgIpc) is 2.39. The van der Waals surface area contributed by atoms with E-state index in [-0.39, 0.29) is 11.8 Å². The molecule has 4 nitrogen and oxygen atoms in total. The Balaban J connectivity index is 1.93. The fraction of sp³-hybridized carbons (Fsp3) is 0.500. The van der Waals surface area contributed by atoms with E-state index in [1.807, 2.05) is 18.2 Å². The van der Waals surface area contributed by atoms with Crippen molar-refractivity contribution in [3.8, 4) is 0 Å². The molecule has 0 saturated carbocycles. The van der Waals surface area contributed by atoms with Gasteiger partial charge in [0.15, 0.2) is 0 Å². The normalized spacial score (nSPS) is 17.2. The predicted octanol–water partition coefficient (Wildman–Crippen LogP) is 1.04. The molecule has 2 rings (SSSR count). The number of pyridine rings is 1. The lowest BCUT2D eigenvalue weighted by molar-refractivity contribution is -0.125. The summed E-state index contributed by atoms with van der Waals surface area (Å²) in [6.45, 7) is 1.82. The standard InChI is InChI=1S/C12H17N3O/c1-13-12(16)10-5-8-15(9-6-10)11-4-2-3-7-14-11/h2-4,7,10H,5-6,8-9H2,1H3,(H,13,16). The van der Waals surface area contributed by atoms with E-state index < -0.39 is 0 Å². The zero-order valence-electron chi connectivity index (χ0n) is 9.52. The minimum Gasteiger partial charge on any atom is -0.359 e. The Morgan fingerprint density at radius 2 is 2.19 bits per heavy atom. The van der Waals surface area contributed by atoms with Crippen molar-refractivity contribution >= 4 is 11.7 Å². The van der Waals surface area contributed by atoms with Gasteiger partial charge in [-0.05, 0) is 25.0 Å². The lowest BCUT2D eigenvalue weighted by Gasteiger charge is -2.31. The van der Waals surface area contributed by atoms with Crippen LogP contribution in [0.3, 0.4) is 0 Å². The lowest BCUT2D eigenvalue weighted by Crippen LogP contribution is -2.39. The first kappa shape index (κ1) is 10.9. The van der Waals surface area contributed by atoms with Crippen LogP contribution in [0, 0.1) is 5.92 Å². The topological polar surface area (TPSA) is 45.2 Å². The third-order valence-electron chi connectivity index (χ3n) is 3.09. The van der Waals surface area contributed by atoms with E-state index in [0.29, 0.717) is 0 Å². The van der Waals surface area contributed by atoms with Crippen LogP contribution in [0.25, 0.3) is 0 Å². The number of piperidine rings is 1. The Bertz CT molecular complexity index is 345. The maximum absolute atomic E-state index is 11.5. The molecule has 0 aromatic carbocycles. The zero-order chi connectivity index (χ0) is 11.4. The van der Waals surface area contributed by atoms with Gasteiger partial charge < -0.3 is 10.2 Å². The molecule has 1 saturated heterocycles. The predicted molar refractivity (Wildman–Crippen MR) is 63.2 cm³/mol. The smallest absolute Gasteiger partial charge is 0.222 e. The van der Waals surface area contributed by atoms with Crippen molar-refractivity contribution in [2.24, 2.45) is 5.92 Å². The van der Waals surface area contributed by atoms with Crippen molar-refractivity contribution in [1.29, 1.82) is 0 Å². The van der Waals surface area contributed by atoms with Crippen molar-refractivity contribution in [2.45, 2.75) is 12.8 Å². The molecule has 1 aromatic heterocycles. The van der Waals surface area contributed by atoms with E-state index in [9.17, 15) is 4.79 Å². The van der Waals surface area contributed by atoms with E-state index in [2.05, 4.69) is 15.2 Å². The molecule has 0 spiro atoms. The third-order valence-corrected chi connectivity index (χ3v) is 3.09. The molecule has 1 aliphatic rings. The molecule has 2 heterocycles. The molecule has 0 radical (unpaired) electrons. The number of anilines is 1. The van der Waals surface area contributed by atoms with Gasteiger partial charge in [-0.2, -0.15) is 0 Å². The summed E-state index contributed by atoms with van der Waals surface area (Å²) in [6.07, 6.45) is 3.63. The number of hydrogen-bond acceptors (Lipinski definition) is 3. The maximum Gasteiger partial charge on any atom is 0.222 e. The Morgan fingerprint density at radius 1 is 1.44 bits per heavy atom. The molecule has 86 valence electrons. The first-order valence-electron chi connectivity index (χ1n) is 5.69. The second-order valence-corrected chi connectivity index (χ2v) is 4.06. The molecule has 0 aliphatic carbocycles. The quantitative estimate of drug-likeness (QED) is 0.808. The fourth-order valence-corrected chi connectivity index (χ4v) is 2.12. The number of rotatable bonds is 2. The third kappa shape index (κ3) is 2.32. The van der Waals surface area contributed by atoms with Crippen LogP contribution in [0.5, 0.6) is 0 Å². The van der Waals surface area contributed by atoms with Crippen LogP contribution < -0.4 is 10.2 Å².